The van der Waals surface area contributed by atoms with Gasteiger partial charge in [0.05, 0.1) is 5.69 Å². The Labute approximate surface area is 139 Å². The van der Waals surface area contributed by atoms with E-state index in [4.69, 9.17) is 4.84 Å². The predicted molar refractivity (Wildman–Crippen MR) is 92.7 cm³/mol. The molecule has 2 aromatic rings. The van der Waals surface area contributed by atoms with Crippen molar-refractivity contribution >= 4 is 28.5 Å². The van der Waals surface area contributed by atoms with E-state index in [9.17, 15) is 4.79 Å². The van der Waals surface area contributed by atoms with Crippen LogP contribution in [0.2, 0.25) is 0 Å². The first-order valence-electron chi connectivity index (χ1n) is 7.17. The number of thioether (sulfide) groups is 1. The molecule has 1 fully saturated rings. The molecule has 0 radical (unpaired) electrons. The number of hydrazine groups is 1. The van der Waals surface area contributed by atoms with Gasteiger partial charge in [0.15, 0.2) is 0 Å². The van der Waals surface area contributed by atoms with Crippen molar-refractivity contribution in [2.75, 3.05) is 12.5 Å². The van der Waals surface area contributed by atoms with Gasteiger partial charge in [0, 0.05) is 0 Å². The van der Waals surface area contributed by atoms with Gasteiger partial charge in [-0.3, -0.25) is 10.2 Å². The van der Waals surface area contributed by atoms with E-state index in [0.29, 0.717) is 5.17 Å². The molecule has 118 valence electrons. The largest absolute Gasteiger partial charge is 0.397 e. The molecule has 1 aliphatic heterocycles. The zero-order valence-electron chi connectivity index (χ0n) is 12.9. The molecule has 0 saturated carbocycles. The number of amidine groups is 1. The highest BCUT2D eigenvalue weighted by Crippen LogP contribution is 2.45. The Bertz CT molecular complexity index is 721. The third kappa shape index (κ3) is 2.90. The van der Waals surface area contributed by atoms with Crippen molar-refractivity contribution in [1.82, 2.24) is 5.01 Å². The smallest absolute Gasteiger partial charge is 0.268 e. The van der Waals surface area contributed by atoms with Gasteiger partial charge in [0.2, 0.25) is 5.17 Å². The number of rotatable bonds is 4. The number of hydrogen-bond donors (Lipinski definition) is 1. The molecule has 1 N–H and O–H groups in total. The molecule has 1 aliphatic rings. The van der Waals surface area contributed by atoms with Gasteiger partial charge in [-0.2, -0.15) is 5.01 Å². The number of nitrogens with one attached hydrogen (secondary N) is 1. The fourth-order valence-electron chi connectivity index (χ4n) is 2.39. The fourth-order valence-corrected chi connectivity index (χ4v) is 3.52. The average molecular weight is 327 g/mol. The summed E-state index contributed by atoms with van der Waals surface area (Å²) in [7, 11) is 1.47. The van der Waals surface area contributed by atoms with Crippen molar-refractivity contribution in [2.24, 2.45) is 5.16 Å². The van der Waals surface area contributed by atoms with Gasteiger partial charge in [-0.25, -0.2) is 0 Å². The summed E-state index contributed by atoms with van der Waals surface area (Å²) >= 11 is 1.36. The predicted octanol–water partition coefficient (Wildman–Crippen LogP) is 3.42. The van der Waals surface area contributed by atoms with Crippen molar-refractivity contribution in [3.8, 4) is 0 Å². The molecule has 3 rings (SSSR count). The number of carbonyl (C=O) groups is 1. The molecule has 0 aliphatic carbocycles. The van der Waals surface area contributed by atoms with E-state index < -0.39 is 4.75 Å². The van der Waals surface area contributed by atoms with Gasteiger partial charge in [-0.1, -0.05) is 65.4 Å². The maximum absolute atomic E-state index is 13.0. The topological polar surface area (TPSA) is 53.9 Å². The summed E-state index contributed by atoms with van der Waals surface area (Å²) < 4.78 is -0.750. The zero-order chi connectivity index (χ0) is 16.3. The van der Waals surface area contributed by atoms with E-state index >= 15 is 0 Å². The molecule has 0 spiro atoms. The molecule has 23 heavy (non-hydrogen) atoms. The first-order chi connectivity index (χ1) is 11.1. The molecule has 6 heteroatoms. The van der Waals surface area contributed by atoms with Gasteiger partial charge in [-0.15, -0.1) is 0 Å². The van der Waals surface area contributed by atoms with Crippen LogP contribution in [0, 0.1) is 0 Å². The van der Waals surface area contributed by atoms with E-state index in [0.717, 1.165) is 11.3 Å². The number of nitrogens with zero attached hydrogens (tertiary/aromatic N) is 2. The summed E-state index contributed by atoms with van der Waals surface area (Å²) in [5.41, 5.74) is 4.84. The molecule has 1 saturated heterocycles. The van der Waals surface area contributed by atoms with Crippen LogP contribution in [0.15, 0.2) is 65.8 Å². The molecular formula is C17H17N3O2S. The molecule has 0 aromatic heterocycles. The Balaban J connectivity index is 1.95. The van der Waals surface area contributed by atoms with E-state index in [-0.39, 0.29) is 5.91 Å². The summed E-state index contributed by atoms with van der Waals surface area (Å²) in [6.07, 6.45) is 0. The summed E-state index contributed by atoms with van der Waals surface area (Å²) in [6.45, 7) is 1.90. The second kappa shape index (κ2) is 6.34. The minimum Gasteiger partial charge on any atom is -0.397 e. The van der Waals surface area contributed by atoms with E-state index in [1.807, 2.05) is 67.6 Å². The Morgan fingerprint density at radius 1 is 1.09 bits per heavy atom. The minimum atomic E-state index is -0.750. The van der Waals surface area contributed by atoms with Crippen molar-refractivity contribution in [3.05, 3.63) is 66.2 Å². The second-order valence-corrected chi connectivity index (χ2v) is 6.56. The Hall–Kier alpha value is -2.47. The van der Waals surface area contributed by atoms with Gasteiger partial charge < -0.3 is 4.84 Å². The van der Waals surface area contributed by atoms with Crippen LogP contribution in [0.25, 0.3) is 0 Å². The number of carbonyl (C=O) groups excluding carboxylic acids is 1. The highest BCUT2D eigenvalue weighted by Gasteiger charge is 2.50. The Morgan fingerprint density at radius 2 is 1.70 bits per heavy atom. The highest BCUT2D eigenvalue weighted by molar-refractivity contribution is 8.15. The summed E-state index contributed by atoms with van der Waals surface area (Å²) in [4.78, 5) is 17.9. The lowest BCUT2D eigenvalue weighted by atomic mass is 9.99. The normalized spacial score (nSPS) is 22.4. The van der Waals surface area contributed by atoms with Crippen LogP contribution in [0.5, 0.6) is 0 Å². The summed E-state index contributed by atoms with van der Waals surface area (Å²) in [6, 6.07) is 19.2. The quantitative estimate of drug-likeness (QED) is 0.874. The van der Waals surface area contributed by atoms with Crippen LogP contribution in [0.4, 0.5) is 5.69 Å². The fraction of sp³-hybridized carbons (Fsp3) is 0.176. The van der Waals surface area contributed by atoms with Crippen LogP contribution in [0.1, 0.15) is 12.5 Å². The summed E-state index contributed by atoms with van der Waals surface area (Å²) in [5.74, 6) is -0.0895. The van der Waals surface area contributed by atoms with E-state index in [1.54, 1.807) is 0 Å². The first kappa shape index (κ1) is 15.4. The van der Waals surface area contributed by atoms with Crippen LogP contribution >= 0.6 is 11.8 Å². The third-order valence-electron chi connectivity index (χ3n) is 3.61. The van der Waals surface area contributed by atoms with Crippen LogP contribution < -0.4 is 5.43 Å². The number of hydrogen-bond acceptors (Lipinski definition) is 5. The first-order valence-corrected chi connectivity index (χ1v) is 7.99. The van der Waals surface area contributed by atoms with Gasteiger partial charge in [0.1, 0.15) is 11.9 Å². The number of oxime groups is 1. The van der Waals surface area contributed by atoms with Gasteiger partial charge in [-0.05, 0) is 24.6 Å². The molecule has 5 nitrogen and oxygen atoms in total. The minimum absolute atomic E-state index is 0.0895. The van der Waals surface area contributed by atoms with E-state index in [1.165, 1.54) is 23.9 Å². The molecule has 2 aromatic carbocycles. The maximum Gasteiger partial charge on any atom is 0.268 e. The standard InChI is InChI=1S/C17H17N3O2S/c1-17(13-9-5-3-6-10-13)15(21)20(16(23-17)19-22-2)18-14-11-7-4-8-12-14/h3-12,18H,1-2H3/b19-16+. The summed E-state index contributed by atoms with van der Waals surface area (Å²) in [5, 5.41) is 5.92. The molecule has 1 amide bonds. The zero-order valence-corrected chi connectivity index (χ0v) is 13.7. The molecule has 1 unspecified atom stereocenters. The number of anilines is 1. The number of benzene rings is 2. The van der Waals surface area contributed by atoms with Gasteiger partial charge in [0.25, 0.3) is 5.91 Å². The molecular weight excluding hydrogens is 310 g/mol. The number of amides is 1. The van der Waals surface area contributed by atoms with Crippen LogP contribution in [-0.4, -0.2) is 23.2 Å². The molecule has 1 heterocycles. The second-order valence-electron chi connectivity index (χ2n) is 5.18. The number of para-hydroxylation sites is 1. The highest BCUT2D eigenvalue weighted by atomic mass is 32.2. The molecule has 0 bridgehead atoms. The van der Waals surface area contributed by atoms with Crippen molar-refractivity contribution in [3.63, 3.8) is 0 Å². The van der Waals surface area contributed by atoms with Crippen molar-refractivity contribution < 1.29 is 9.63 Å². The SMILES string of the molecule is CO/N=C1/SC(C)(c2ccccc2)C(=O)N1Nc1ccccc1. The molecule has 1 atom stereocenters. The van der Waals surface area contributed by atoms with E-state index in [2.05, 4.69) is 10.6 Å². The lowest BCUT2D eigenvalue weighted by molar-refractivity contribution is -0.128. The maximum atomic E-state index is 13.0. The third-order valence-corrected chi connectivity index (χ3v) is 4.86. The van der Waals surface area contributed by atoms with Gasteiger partial charge >= 0.3 is 0 Å². The van der Waals surface area contributed by atoms with Crippen molar-refractivity contribution in [1.29, 1.82) is 0 Å². The average Bonchev–Trinajstić information content (AvgIpc) is 2.83. The lowest BCUT2D eigenvalue weighted by Crippen LogP contribution is -2.40. The lowest BCUT2D eigenvalue weighted by Gasteiger charge is -2.22. The van der Waals surface area contributed by atoms with Crippen LogP contribution in [-0.2, 0) is 14.4 Å². The van der Waals surface area contributed by atoms with Crippen LogP contribution in [0.3, 0.4) is 0 Å². The monoisotopic (exact) mass is 327 g/mol. The Morgan fingerprint density at radius 3 is 2.30 bits per heavy atom. The van der Waals surface area contributed by atoms with Crippen molar-refractivity contribution in [2.45, 2.75) is 11.7 Å². The Kier molecular flexibility index (Phi) is 4.25.